The van der Waals surface area contributed by atoms with Crippen LogP contribution in [0.2, 0.25) is 0 Å². The summed E-state index contributed by atoms with van der Waals surface area (Å²) in [5, 5.41) is 33.9. The molecule has 9 nitrogen and oxygen atoms in total. The Bertz CT molecular complexity index is 3710. The number of benzene rings is 6. The van der Waals surface area contributed by atoms with E-state index in [0.717, 1.165) is 34.5 Å². The van der Waals surface area contributed by atoms with Crippen molar-refractivity contribution in [2.24, 2.45) is 0 Å². The number of phenols is 1. The van der Waals surface area contributed by atoms with Crippen LogP contribution in [-0.2, 0) is 13.0 Å². The number of aromatic carboxylic acids is 1. The third-order valence-electron chi connectivity index (χ3n) is 14.1. The lowest BCUT2D eigenvalue weighted by Gasteiger charge is -2.47. The molecular weight excluding hydrogens is 899 g/mol. The number of nitrogens with zero attached hydrogens (tertiary/aromatic N) is 2. The maximum absolute atomic E-state index is 13.7. The van der Waals surface area contributed by atoms with E-state index in [1.165, 1.54) is 79.1 Å². The van der Waals surface area contributed by atoms with Crippen molar-refractivity contribution in [1.82, 2.24) is 15.5 Å². The van der Waals surface area contributed by atoms with Gasteiger partial charge in [-0.15, -0.1) is 28.6 Å². The summed E-state index contributed by atoms with van der Waals surface area (Å²) in [6.07, 6.45) is 5.61. The van der Waals surface area contributed by atoms with Crippen molar-refractivity contribution >= 4 is 61.8 Å². The molecule has 11 heteroatoms. The van der Waals surface area contributed by atoms with Gasteiger partial charge in [-0.3, -0.25) is 9.59 Å². The van der Waals surface area contributed by atoms with Gasteiger partial charge in [0.15, 0.2) is 5.43 Å². The van der Waals surface area contributed by atoms with Crippen LogP contribution in [0.4, 0.5) is 0 Å². The first kappa shape index (κ1) is 42.6. The molecule has 12 rings (SSSR count). The smallest absolute Gasteiger partial charge is 0.336 e. The van der Waals surface area contributed by atoms with Crippen molar-refractivity contribution in [3.05, 3.63) is 223 Å². The number of aryl methyl sites for hydroxylation is 1. The average molecular weight is 940 g/mol. The number of carbonyl (C=O) groups is 2. The molecule has 0 spiro atoms. The van der Waals surface area contributed by atoms with Crippen LogP contribution in [-0.4, -0.2) is 41.8 Å². The Morgan fingerprint density at radius 3 is 2.09 bits per heavy atom. The van der Waals surface area contributed by atoms with E-state index in [-0.39, 0.29) is 49.7 Å². The Hall–Kier alpha value is -7.73. The summed E-state index contributed by atoms with van der Waals surface area (Å²) in [7, 11) is 0. The maximum atomic E-state index is 13.7. The molecule has 6 aromatic rings. The molecule has 69 heavy (non-hydrogen) atoms. The molecule has 0 saturated carbocycles. The highest BCUT2D eigenvalue weighted by molar-refractivity contribution is 8.14. The Balaban J connectivity index is 0.873. The van der Waals surface area contributed by atoms with E-state index in [4.69, 9.17) is 14.6 Å². The van der Waals surface area contributed by atoms with Crippen LogP contribution in [0.25, 0.3) is 60.1 Å². The number of hydrogen-bond donors (Lipinski definition) is 3. The number of rotatable bonds is 8. The van der Waals surface area contributed by atoms with Crippen LogP contribution in [0.15, 0.2) is 178 Å². The zero-order valence-electron chi connectivity index (χ0n) is 37.6. The summed E-state index contributed by atoms with van der Waals surface area (Å²) in [5.41, 5.74) is 14.9. The fourth-order valence-electron chi connectivity index (χ4n) is 10.5. The van der Waals surface area contributed by atoms with Gasteiger partial charge in [0.25, 0.3) is 5.91 Å². The number of carbonyl (C=O) groups excluding carboxylic acids is 1. The highest BCUT2D eigenvalue weighted by Gasteiger charge is 2.60. The van der Waals surface area contributed by atoms with E-state index < -0.39 is 11.9 Å². The molecule has 0 fully saturated rings. The SMILES string of the molecule is Cc1nnc(-c2ccc(CNC(=O)c3ccc(-c4c5ccc(=O)cc-5oc5cc(O)ccc45)c(C(=O)O)c3)cc2)c2c1CC1=C3C=C(c4ccccc4)SC3(C)C3(C)SC(c4ccccc4)=CC3=C12. The quantitative estimate of drug-likeness (QED) is 0.126. The molecule has 5 aromatic carbocycles. The zero-order chi connectivity index (χ0) is 47.3. The molecule has 2 atom stereocenters. The monoisotopic (exact) mass is 939 g/mol. The number of aromatic hydroxyl groups is 1. The Labute approximate surface area is 405 Å². The topological polar surface area (TPSA) is 143 Å². The fourth-order valence-corrected chi connectivity index (χ4v) is 13.7. The molecule has 0 saturated heterocycles. The highest BCUT2D eigenvalue weighted by atomic mass is 32.2. The summed E-state index contributed by atoms with van der Waals surface area (Å²) in [6.45, 7) is 7.09. The van der Waals surface area contributed by atoms with Gasteiger partial charge in [-0.05, 0) is 119 Å². The van der Waals surface area contributed by atoms with Gasteiger partial charge in [0.05, 0.1) is 20.8 Å². The summed E-state index contributed by atoms with van der Waals surface area (Å²) < 4.78 is 5.41. The average Bonchev–Trinajstić information content (AvgIpc) is 4.06. The van der Waals surface area contributed by atoms with E-state index >= 15 is 0 Å². The molecule has 3 aliphatic heterocycles. The number of phenolic OH excluding ortho intramolecular Hbond substituents is 1. The minimum atomic E-state index is -1.23. The first-order chi connectivity index (χ1) is 33.4. The summed E-state index contributed by atoms with van der Waals surface area (Å²) in [6, 6.07) is 42.7. The predicted molar refractivity (Wildman–Crippen MR) is 275 cm³/mol. The molecule has 0 radical (unpaired) electrons. The van der Waals surface area contributed by atoms with Crippen molar-refractivity contribution in [2.45, 2.75) is 43.2 Å². The van der Waals surface area contributed by atoms with Crippen LogP contribution in [0.5, 0.6) is 5.75 Å². The minimum Gasteiger partial charge on any atom is -0.508 e. The number of nitrogens with one attached hydrogen (secondary N) is 1. The number of thioether (sulfide) groups is 2. The first-order valence-corrected chi connectivity index (χ1v) is 24.2. The standard InChI is InChI=1S/C58H41N3O6S2/c1-31-42-27-44-45-28-49(33-10-6-4-7-11-33)68-57(45,2)58(3)46(29-50(69-58)34-12-8-5-9-13-34)52(44)53(42)54(61-60-31)35-16-14-32(15-17-35)30-59-55(64)36-18-21-39(43(24-36)56(65)66)51-40-22-19-37(62)25-47(40)67-48-26-38(63)20-23-41(48)51/h4-26,28-29,62H,27,30H2,1-3H3,(H,59,64)(H,65,66). The van der Waals surface area contributed by atoms with Crippen LogP contribution in [0, 0.1) is 6.92 Å². The predicted octanol–water partition coefficient (Wildman–Crippen LogP) is 12.4. The molecule has 1 aromatic heterocycles. The van der Waals surface area contributed by atoms with E-state index in [1.54, 1.807) is 24.3 Å². The summed E-state index contributed by atoms with van der Waals surface area (Å²) in [5.74, 6) is -1.48. The molecule has 6 aliphatic rings. The normalized spacial score (nSPS) is 19.0. The van der Waals surface area contributed by atoms with Gasteiger partial charge in [-0.1, -0.05) is 91.0 Å². The van der Waals surface area contributed by atoms with Gasteiger partial charge in [-0.2, -0.15) is 5.10 Å². The van der Waals surface area contributed by atoms with Gasteiger partial charge in [-0.25, -0.2) is 4.79 Å². The number of hydrogen-bond acceptors (Lipinski definition) is 9. The number of carboxylic acids is 1. The molecule has 3 N–H and O–H groups in total. The zero-order valence-corrected chi connectivity index (χ0v) is 39.2. The van der Waals surface area contributed by atoms with Crippen molar-refractivity contribution in [3.63, 3.8) is 0 Å². The number of aromatic nitrogens is 2. The number of fused-ring (bicyclic) bond motifs is 8. The van der Waals surface area contributed by atoms with Gasteiger partial charge in [0.2, 0.25) is 0 Å². The largest absolute Gasteiger partial charge is 0.508 e. The van der Waals surface area contributed by atoms with E-state index in [9.17, 15) is 24.6 Å². The molecule has 336 valence electrons. The molecule has 4 heterocycles. The van der Waals surface area contributed by atoms with Crippen LogP contribution >= 0.6 is 23.5 Å². The lowest BCUT2D eigenvalue weighted by Crippen LogP contribution is -2.47. The van der Waals surface area contributed by atoms with Crippen molar-refractivity contribution in [3.8, 4) is 39.5 Å². The Kier molecular flexibility index (Phi) is 9.84. The molecule has 0 bridgehead atoms. The molecular formula is C58H41N3O6S2. The van der Waals surface area contributed by atoms with Crippen LogP contribution in [0.1, 0.15) is 68.1 Å². The van der Waals surface area contributed by atoms with Crippen LogP contribution < -0.4 is 10.7 Å². The first-order valence-electron chi connectivity index (χ1n) is 22.6. The number of allylic oxidation sites excluding steroid dienone is 4. The maximum Gasteiger partial charge on any atom is 0.336 e. The molecule has 2 unspecified atom stereocenters. The van der Waals surface area contributed by atoms with Gasteiger partial charge in [0.1, 0.15) is 22.8 Å². The van der Waals surface area contributed by atoms with E-state index in [2.05, 4.69) is 98.9 Å². The number of carboxylic acid groups (broad SMARTS) is 1. The van der Waals surface area contributed by atoms with Gasteiger partial charge < -0.3 is 19.9 Å². The third kappa shape index (κ3) is 6.74. The lowest BCUT2D eigenvalue weighted by molar-refractivity contribution is 0.0697. The number of amides is 1. The fraction of sp³-hybridized carbons (Fsp3) is 0.121. The Morgan fingerprint density at radius 2 is 1.39 bits per heavy atom. The van der Waals surface area contributed by atoms with E-state index in [1.807, 2.05) is 47.8 Å². The van der Waals surface area contributed by atoms with Crippen molar-refractivity contribution in [1.29, 1.82) is 0 Å². The van der Waals surface area contributed by atoms with Crippen molar-refractivity contribution < 1.29 is 24.2 Å². The second-order valence-electron chi connectivity index (χ2n) is 18.1. The van der Waals surface area contributed by atoms with Crippen molar-refractivity contribution in [2.75, 3.05) is 0 Å². The summed E-state index contributed by atoms with van der Waals surface area (Å²) in [4.78, 5) is 41.4. The summed E-state index contributed by atoms with van der Waals surface area (Å²) >= 11 is 3.93. The second kappa shape index (κ2) is 15.9. The van der Waals surface area contributed by atoms with E-state index in [0.29, 0.717) is 22.1 Å². The lowest BCUT2D eigenvalue weighted by atomic mass is 9.71. The van der Waals surface area contributed by atoms with Gasteiger partial charge in [0, 0.05) is 68.1 Å². The Morgan fingerprint density at radius 1 is 0.725 bits per heavy atom. The molecule has 1 amide bonds. The third-order valence-corrected chi connectivity index (χ3v) is 17.5. The second-order valence-corrected chi connectivity index (χ2v) is 21.0. The minimum absolute atomic E-state index is 0.0473. The van der Waals surface area contributed by atoms with Gasteiger partial charge >= 0.3 is 5.97 Å². The van der Waals surface area contributed by atoms with Crippen LogP contribution in [0.3, 0.4) is 0 Å². The highest BCUT2D eigenvalue weighted by Crippen LogP contribution is 2.71. The molecule has 3 aliphatic carbocycles.